The van der Waals surface area contributed by atoms with Crippen LogP contribution in [0, 0.1) is 29.0 Å². The molecular formula is C22H27FN2O2. The quantitative estimate of drug-likeness (QED) is 0.624. The smallest absolute Gasteiger partial charge is 0.274 e. The summed E-state index contributed by atoms with van der Waals surface area (Å²) in [6.45, 7) is 2.12. The van der Waals surface area contributed by atoms with Gasteiger partial charge in [-0.3, -0.25) is 14.9 Å². The number of hydrogen-bond donors (Lipinski definition) is 2. The van der Waals surface area contributed by atoms with Gasteiger partial charge >= 0.3 is 0 Å². The minimum atomic E-state index is -0.634. The van der Waals surface area contributed by atoms with Crippen molar-refractivity contribution in [2.75, 3.05) is 13.1 Å². The lowest BCUT2D eigenvalue weighted by molar-refractivity contribution is -0.0715. The number of fused-ring (bicyclic) bond motifs is 5. The average molecular weight is 370 g/mol. The molecule has 2 unspecified atom stereocenters. The molecule has 4 nitrogen and oxygen atoms in total. The van der Waals surface area contributed by atoms with E-state index in [1.165, 1.54) is 44.6 Å². The molecule has 27 heavy (non-hydrogen) atoms. The van der Waals surface area contributed by atoms with Gasteiger partial charge in [0.15, 0.2) is 0 Å². The van der Waals surface area contributed by atoms with Crippen LogP contribution in [0.25, 0.3) is 0 Å². The lowest BCUT2D eigenvalue weighted by atomic mass is 9.49. The van der Waals surface area contributed by atoms with Crippen LogP contribution in [0.5, 0.6) is 0 Å². The zero-order chi connectivity index (χ0) is 18.3. The van der Waals surface area contributed by atoms with E-state index in [-0.39, 0.29) is 17.4 Å². The van der Waals surface area contributed by atoms with E-state index in [2.05, 4.69) is 4.90 Å². The van der Waals surface area contributed by atoms with Gasteiger partial charge in [-0.25, -0.2) is 9.87 Å². The molecule has 1 saturated heterocycles. The first kappa shape index (κ1) is 16.5. The van der Waals surface area contributed by atoms with Gasteiger partial charge < -0.3 is 0 Å². The van der Waals surface area contributed by atoms with Gasteiger partial charge in [-0.15, -0.1) is 0 Å². The van der Waals surface area contributed by atoms with Crippen molar-refractivity contribution in [3.05, 3.63) is 34.6 Å². The van der Waals surface area contributed by atoms with E-state index in [0.29, 0.717) is 11.3 Å². The first-order chi connectivity index (χ1) is 13.0. The molecule has 4 saturated carbocycles. The molecule has 144 valence electrons. The highest BCUT2D eigenvalue weighted by molar-refractivity contribution is 5.93. The van der Waals surface area contributed by atoms with E-state index in [1.54, 1.807) is 11.5 Å². The van der Waals surface area contributed by atoms with Crippen molar-refractivity contribution >= 4 is 5.91 Å². The summed E-state index contributed by atoms with van der Waals surface area (Å²) in [5.41, 5.74) is 4.11. The third-order valence-corrected chi connectivity index (χ3v) is 8.41. The van der Waals surface area contributed by atoms with Crippen LogP contribution < -0.4 is 5.48 Å². The first-order valence-electron chi connectivity index (χ1n) is 10.6. The van der Waals surface area contributed by atoms with Crippen LogP contribution >= 0.6 is 0 Å². The highest BCUT2D eigenvalue weighted by Crippen LogP contribution is 2.62. The number of hydroxylamine groups is 1. The number of hydrogen-bond acceptors (Lipinski definition) is 3. The standard InChI is InChI=1S/C22H27FN2O2/c23-18-5-15(21(26)24-27)4-17-16-6-19(20(17)18)25(10-16)11-22-7-12-1-13(8-22)3-14(2-12)9-22/h4-5,12-14,16,19,27H,1-3,6-11H2,(H,24,26). The molecule has 5 heteroatoms. The molecule has 6 bridgehead atoms. The number of halogens is 1. The van der Waals surface area contributed by atoms with Gasteiger partial charge in [0.25, 0.3) is 5.91 Å². The van der Waals surface area contributed by atoms with E-state index in [4.69, 9.17) is 5.21 Å². The van der Waals surface area contributed by atoms with Crippen LogP contribution in [-0.2, 0) is 0 Å². The molecule has 5 fully saturated rings. The predicted octanol–water partition coefficient (Wildman–Crippen LogP) is 4.01. The fourth-order valence-corrected chi connectivity index (χ4v) is 8.04. The number of likely N-dealkylation sites (tertiary alicyclic amines) is 1. The average Bonchev–Trinajstić information content (AvgIpc) is 3.18. The Balaban J connectivity index is 1.28. The largest absolute Gasteiger partial charge is 0.295 e. The molecule has 1 aromatic carbocycles. The van der Waals surface area contributed by atoms with Crippen LogP contribution in [0.1, 0.15) is 78.4 Å². The van der Waals surface area contributed by atoms with E-state index in [1.807, 2.05) is 0 Å². The fraction of sp³-hybridized carbons (Fsp3) is 0.682. The second kappa shape index (κ2) is 5.54. The van der Waals surface area contributed by atoms with Crippen molar-refractivity contribution in [1.82, 2.24) is 10.4 Å². The van der Waals surface area contributed by atoms with Crippen molar-refractivity contribution in [1.29, 1.82) is 0 Å². The Morgan fingerprint density at radius 3 is 2.44 bits per heavy atom. The number of carbonyl (C=O) groups excluding carboxylic acids is 1. The summed E-state index contributed by atoms with van der Waals surface area (Å²) in [5.74, 6) is 2.23. The van der Waals surface area contributed by atoms with Crippen molar-refractivity contribution in [2.24, 2.45) is 23.2 Å². The number of nitrogens with zero attached hydrogens (tertiary/aromatic N) is 1. The highest BCUT2D eigenvalue weighted by atomic mass is 19.1. The van der Waals surface area contributed by atoms with Crippen molar-refractivity contribution < 1.29 is 14.4 Å². The summed E-state index contributed by atoms with van der Waals surface area (Å²) in [7, 11) is 0. The minimum Gasteiger partial charge on any atom is -0.295 e. The molecular weight excluding hydrogens is 343 g/mol. The van der Waals surface area contributed by atoms with Crippen LogP contribution in [0.3, 0.4) is 0 Å². The Morgan fingerprint density at radius 2 is 1.81 bits per heavy atom. The van der Waals surface area contributed by atoms with Gasteiger partial charge in [0.1, 0.15) is 5.82 Å². The molecule has 7 rings (SSSR count). The summed E-state index contributed by atoms with van der Waals surface area (Å²) < 4.78 is 14.9. The Kier molecular flexibility index (Phi) is 3.38. The number of amides is 1. The Labute approximate surface area is 159 Å². The van der Waals surface area contributed by atoms with Crippen LogP contribution in [0.15, 0.2) is 12.1 Å². The van der Waals surface area contributed by atoms with E-state index in [9.17, 15) is 9.18 Å². The van der Waals surface area contributed by atoms with Crippen molar-refractivity contribution in [3.8, 4) is 0 Å². The van der Waals surface area contributed by atoms with Crippen LogP contribution in [-0.4, -0.2) is 29.1 Å². The third kappa shape index (κ3) is 2.37. The summed E-state index contributed by atoms with van der Waals surface area (Å²) in [6, 6.07) is 3.24. The second-order valence-electron chi connectivity index (χ2n) is 10.2. The number of carbonyl (C=O) groups is 1. The third-order valence-electron chi connectivity index (χ3n) is 8.41. The number of nitrogens with one attached hydrogen (secondary N) is 1. The molecule has 1 aromatic rings. The summed E-state index contributed by atoms with van der Waals surface area (Å²) >= 11 is 0. The zero-order valence-corrected chi connectivity index (χ0v) is 15.6. The van der Waals surface area contributed by atoms with Gasteiger partial charge in [0.2, 0.25) is 0 Å². The zero-order valence-electron chi connectivity index (χ0n) is 15.6. The lowest BCUT2D eigenvalue weighted by Crippen LogP contribution is -2.51. The summed E-state index contributed by atoms with van der Waals surface area (Å²) in [5, 5.41) is 8.86. The van der Waals surface area contributed by atoms with Gasteiger partial charge in [0.05, 0.1) is 0 Å². The fourth-order valence-electron chi connectivity index (χ4n) is 8.04. The van der Waals surface area contributed by atoms with Gasteiger partial charge in [0, 0.05) is 30.3 Å². The maximum Gasteiger partial charge on any atom is 0.274 e. The predicted molar refractivity (Wildman–Crippen MR) is 97.9 cm³/mol. The molecule has 1 heterocycles. The number of rotatable bonds is 3. The maximum absolute atomic E-state index is 14.9. The number of benzene rings is 1. The Hall–Kier alpha value is -1.46. The molecule has 2 atom stereocenters. The molecule has 0 aromatic heterocycles. The Bertz CT molecular complexity index is 787. The van der Waals surface area contributed by atoms with Gasteiger partial charge in [-0.05, 0) is 91.7 Å². The first-order valence-corrected chi connectivity index (χ1v) is 10.6. The molecule has 5 aliphatic carbocycles. The van der Waals surface area contributed by atoms with Crippen LogP contribution in [0.4, 0.5) is 4.39 Å². The SMILES string of the molecule is O=C(NO)c1cc(F)c2c(c1)C1CC2N(CC23CC4CC(CC(C4)C2)C3)C1. The summed E-state index contributed by atoms with van der Waals surface area (Å²) in [4.78, 5) is 14.3. The van der Waals surface area contributed by atoms with Crippen molar-refractivity contribution in [3.63, 3.8) is 0 Å². The minimum absolute atomic E-state index is 0.171. The monoisotopic (exact) mass is 370 g/mol. The molecule has 0 spiro atoms. The highest BCUT2D eigenvalue weighted by Gasteiger charge is 2.53. The van der Waals surface area contributed by atoms with Gasteiger partial charge in [-0.2, -0.15) is 0 Å². The van der Waals surface area contributed by atoms with Gasteiger partial charge in [-0.1, -0.05) is 0 Å². The second-order valence-corrected chi connectivity index (χ2v) is 10.2. The lowest BCUT2D eigenvalue weighted by Gasteiger charge is -2.58. The van der Waals surface area contributed by atoms with Crippen molar-refractivity contribution in [2.45, 2.75) is 56.9 Å². The summed E-state index contributed by atoms with van der Waals surface area (Å²) in [6.07, 6.45) is 9.51. The molecule has 6 aliphatic rings. The molecule has 2 N–H and O–H groups in total. The molecule has 1 amide bonds. The van der Waals surface area contributed by atoms with E-state index < -0.39 is 5.91 Å². The molecule has 1 aliphatic heterocycles. The van der Waals surface area contributed by atoms with E-state index >= 15 is 0 Å². The van der Waals surface area contributed by atoms with Crippen LogP contribution in [0.2, 0.25) is 0 Å². The van der Waals surface area contributed by atoms with E-state index in [0.717, 1.165) is 48.4 Å². The topological polar surface area (TPSA) is 52.6 Å². The molecule has 0 radical (unpaired) electrons. The Morgan fingerprint density at radius 1 is 1.15 bits per heavy atom. The normalized spacial score (nSPS) is 41.2. The maximum atomic E-state index is 14.9.